The minimum absolute atomic E-state index is 0.112. The van der Waals surface area contributed by atoms with E-state index in [-0.39, 0.29) is 6.03 Å². The van der Waals surface area contributed by atoms with Crippen molar-refractivity contribution < 1.29 is 4.79 Å². The summed E-state index contributed by atoms with van der Waals surface area (Å²) in [5, 5.41) is 3.00. The molecule has 0 aliphatic rings. The zero-order valence-corrected chi connectivity index (χ0v) is 16.1. The lowest BCUT2D eigenvalue weighted by Gasteiger charge is -2.22. The van der Waals surface area contributed by atoms with Gasteiger partial charge in [-0.25, -0.2) is 4.79 Å². The molecule has 4 heteroatoms. The molecule has 0 aliphatic heterocycles. The first-order valence-electron chi connectivity index (χ1n) is 9.45. The number of aromatic nitrogens is 1. The van der Waals surface area contributed by atoms with Gasteiger partial charge in [0.05, 0.1) is 0 Å². The summed E-state index contributed by atoms with van der Waals surface area (Å²) in [6, 6.07) is 23.6. The van der Waals surface area contributed by atoms with Gasteiger partial charge in [-0.3, -0.25) is 4.98 Å². The smallest absolute Gasteiger partial charge is 0.320 e. The summed E-state index contributed by atoms with van der Waals surface area (Å²) in [5.74, 6) is 0. The van der Waals surface area contributed by atoms with Crippen LogP contribution in [0, 0.1) is 6.92 Å². The van der Waals surface area contributed by atoms with E-state index in [4.69, 9.17) is 0 Å². The number of rotatable bonds is 7. The van der Waals surface area contributed by atoms with E-state index in [0.29, 0.717) is 19.5 Å². The second-order valence-corrected chi connectivity index (χ2v) is 6.63. The van der Waals surface area contributed by atoms with Crippen LogP contribution in [0.25, 0.3) is 6.08 Å². The molecule has 0 unspecified atom stereocenters. The van der Waals surface area contributed by atoms with Crippen LogP contribution < -0.4 is 5.32 Å². The molecular formula is C24H25N3O. The Bertz CT molecular complexity index is 907. The summed E-state index contributed by atoms with van der Waals surface area (Å²) in [7, 11) is 0. The van der Waals surface area contributed by atoms with Crippen molar-refractivity contribution in [3.8, 4) is 0 Å². The molecule has 1 N–H and O–H groups in total. The van der Waals surface area contributed by atoms with E-state index >= 15 is 0 Å². The van der Waals surface area contributed by atoms with E-state index in [1.54, 1.807) is 11.1 Å². The average Bonchev–Trinajstić information content (AvgIpc) is 2.72. The first kappa shape index (κ1) is 19.4. The van der Waals surface area contributed by atoms with Gasteiger partial charge in [0.15, 0.2) is 0 Å². The molecule has 0 saturated heterocycles. The number of aryl methyl sites for hydroxylation is 1. The quantitative estimate of drug-likeness (QED) is 0.622. The molecule has 1 aromatic heterocycles. The van der Waals surface area contributed by atoms with Crippen LogP contribution in [0.5, 0.6) is 0 Å². The molecule has 4 nitrogen and oxygen atoms in total. The normalized spacial score (nSPS) is 10.8. The minimum Gasteiger partial charge on any atom is -0.320 e. The molecule has 0 saturated carbocycles. The molecule has 0 radical (unpaired) electrons. The third kappa shape index (κ3) is 6.09. The van der Waals surface area contributed by atoms with Crippen LogP contribution >= 0.6 is 0 Å². The Balaban J connectivity index is 1.67. The number of carbonyl (C=O) groups excluding carboxylic acids is 1. The predicted octanol–water partition coefficient (Wildman–Crippen LogP) is 5.18. The molecule has 28 heavy (non-hydrogen) atoms. The van der Waals surface area contributed by atoms with E-state index in [2.05, 4.69) is 10.3 Å². The second kappa shape index (κ2) is 10.1. The topological polar surface area (TPSA) is 45.2 Å². The zero-order valence-electron chi connectivity index (χ0n) is 16.1. The van der Waals surface area contributed by atoms with Crippen molar-refractivity contribution in [1.29, 1.82) is 0 Å². The molecule has 0 bridgehead atoms. The Kier molecular flexibility index (Phi) is 6.96. The van der Waals surface area contributed by atoms with Gasteiger partial charge >= 0.3 is 6.03 Å². The lowest BCUT2D eigenvalue weighted by Crippen LogP contribution is -2.36. The molecule has 142 valence electrons. The van der Waals surface area contributed by atoms with Gasteiger partial charge in [0.2, 0.25) is 0 Å². The standard InChI is InChI=1S/C24H25N3O/c1-20-9-7-14-23(19-20)26-24(28)27(18-15-22-13-5-6-16-25-22)17-8-12-21-10-3-2-4-11-21/h2-14,16,19H,15,17-18H2,1H3,(H,26,28)/b12-8+. The molecule has 0 atom stereocenters. The number of nitrogens with zero attached hydrogens (tertiary/aromatic N) is 2. The molecule has 2 aromatic carbocycles. The number of hydrogen-bond acceptors (Lipinski definition) is 2. The molecule has 2 amide bonds. The first-order valence-corrected chi connectivity index (χ1v) is 9.45. The van der Waals surface area contributed by atoms with E-state index in [1.807, 2.05) is 91.9 Å². The molecule has 0 fully saturated rings. The fraction of sp³-hybridized carbons (Fsp3) is 0.167. The zero-order chi connectivity index (χ0) is 19.6. The highest BCUT2D eigenvalue weighted by Gasteiger charge is 2.13. The highest BCUT2D eigenvalue weighted by atomic mass is 16.2. The number of benzene rings is 2. The number of amides is 2. The Morgan fingerprint density at radius 2 is 1.86 bits per heavy atom. The first-order chi connectivity index (χ1) is 13.7. The Hall–Kier alpha value is -3.40. The van der Waals surface area contributed by atoms with Crippen molar-refractivity contribution in [2.75, 3.05) is 18.4 Å². The van der Waals surface area contributed by atoms with Crippen molar-refractivity contribution in [1.82, 2.24) is 9.88 Å². The van der Waals surface area contributed by atoms with Crippen LogP contribution in [0.2, 0.25) is 0 Å². The van der Waals surface area contributed by atoms with Crippen LogP contribution in [0.1, 0.15) is 16.8 Å². The summed E-state index contributed by atoms with van der Waals surface area (Å²) in [5.41, 5.74) is 4.01. The highest BCUT2D eigenvalue weighted by Crippen LogP contribution is 2.11. The largest absolute Gasteiger partial charge is 0.322 e. The second-order valence-electron chi connectivity index (χ2n) is 6.63. The maximum absolute atomic E-state index is 12.8. The van der Waals surface area contributed by atoms with E-state index in [0.717, 1.165) is 22.5 Å². The van der Waals surface area contributed by atoms with Gasteiger partial charge in [-0.2, -0.15) is 0 Å². The van der Waals surface area contributed by atoms with Crippen LogP contribution in [0.3, 0.4) is 0 Å². The summed E-state index contributed by atoms with van der Waals surface area (Å²) in [4.78, 5) is 19.0. The third-order valence-electron chi connectivity index (χ3n) is 4.36. The Morgan fingerprint density at radius 1 is 1.04 bits per heavy atom. The van der Waals surface area contributed by atoms with Crippen molar-refractivity contribution in [3.63, 3.8) is 0 Å². The predicted molar refractivity (Wildman–Crippen MR) is 115 cm³/mol. The van der Waals surface area contributed by atoms with Gasteiger partial charge in [-0.05, 0) is 42.3 Å². The number of pyridine rings is 1. The minimum atomic E-state index is -0.112. The van der Waals surface area contributed by atoms with Crippen LogP contribution in [-0.2, 0) is 6.42 Å². The maximum Gasteiger partial charge on any atom is 0.322 e. The van der Waals surface area contributed by atoms with Gasteiger partial charge < -0.3 is 10.2 Å². The monoisotopic (exact) mass is 371 g/mol. The summed E-state index contributed by atoms with van der Waals surface area (Å²) in [6.07, 6.45) is 6.54. The van der Waals surface area contributed by atoms with Crippen LogP contribution in [0.4, 0.5) is 10.5 Å². The van der Waals surface area contributed by atoms with E-state index in [9.17, 15) is 4.79 Å². The molecule has 3 rings (SSSR count). The highest BCUT2D eigenvalue weighted by molar-refractivity contribution is 5.89. The number of anilines is 1. The van der Waals surface area contributed by atoms with Crippen LogP contribution in [0.15, 0.2) is 85.1 Å². The van der Waals surface area contributed by atoms with Crippen LogP contribution in [-0.4, -0.2) is 29.0 Å². The molecule has 0 spiro atoms. The Labute approximate surface area is 166 Å². The lowest BCUT2D eigenvalue weighted by atomic mass is 10.2. The summed E-state index contributed by atoms with van der Waals surface area (Å²) in [6.45, 7) is 3.13. The van der Waals surface area contributed by atoms with E-state index in [1.165, 1.54) is 0 Å². The summed E-state index contributed by atoms with van der Waals surface area (Å²) >= 11 is 0. The number of hydrogen-bond donors (Lipinski definition) is 1. The van der Waals surface area contributed by atoms with Crippen molar-refractivity contribution in [2.24, 2.45) is 0 Å². The fourth-order valence-electron chi connectivity index (χ4n) is 2.88. The van der Waals surface area contributed by atoms with E-state index < -0.39 is 0 Å². The molecule has 3 aromatic rings. The molecular weight excluding hydrogens is 346 g/mol. The van der Waals surface area contributed by atoms with Crippen molar-refractivity contribution >= 4 is 17.8 Å². The lowest BCUT2D eigenvalue weighted by molar-refractivity contribution is 0.217. The van der Waals surface area contributed by atoms with Gasteiger partial charge in [0, 0.05) is 37.1 Å². The molecule has 0 aliphatic carbocycles. The third-order valence-corrected chi connectivity index (χ3v) is 4.36. The number of carbonyl (C=O) groups is 1. The van der Waals surface area contributed by atoms with Gasteiger partial charge in [-0.1, -0.05) is 60.7 Å². The SMILES string of the molecule is Cc1cccc(NC(=O)N(C/C=C/c2ccccc2)CCc2ccccn2)c1. The van der Waals surface area contributed by atoms with Gasteiger partial charge in [0.25, 0.3) is 0 Å². The molecule has 1 heterocycles. The van der Waals surface area contributed by atoms with Crippen molar-refractivity contribution in [3.05, 3.63) is 102 Å². The summed E-state index contributed by atoms with van der Waals surface area (Å²) < 4.78 is 0. The number of urea groups is 1. The Morgan fingerprint density at radius 3 is 2.61 bits per heavy atom. The van der Waals surface area contributed by atoms with Gasteiger partial charge in [-0.15, -0.1) is 0 Å². The van der Waals surface area contributed by atoms with Crippen molar-refractivity contribution in [2.45, 2.75) is 13.3 Å². The number of nitrogens with one attached hydrogen (secondary N) is 1. The average molecular weight is 371 g/mol. The fourth-order valence-corrected chi connectivity index (χ4v) is 2.88. The van der Waals surface area contributed by atoms with Gasteiger partial charge in [0.1, 0.15) is 0 Å². The maximum atomic E-state index is 12.8.